The maximum Gasteiger partial charge on any atom is 0.270 e. The lowest BCUT2D eigenvalue weighted by atomic mass is 10.3. The van der Waals surface area contributed by atoms with Gasteiger partial charge in [-0.05, 0) is 42.1 Å². The Labute approximate surface area is 147 Å². The van der Waals surface area contributed by atoms with E-state index in [1.165, 1.54) is 22.5 Å². The minimum atomic E-state index is -0.322. The number of thioether (sulfide) groups is 1. The van der Waals surface area contributed by atoms with E-state index < -0.39 is 0 Å². The number of benzene rings is 1. The van der Waals surface area contributed by atoms with E-state index in [2.05, 4.69) is 21.5 Å². The quantitative estimate of drug-likeness (QED) is 0.395. The van der Waals surface area contributed by atoms with Crippen LogP contribution in [0.25, 0.3) is 16.7 Å². The first-order valence-electron chi connectivity index (χ1n) is 6.97. The van der Waals surface area contributed by atoms with Crippen LogP contribution in [0.3, 0.4) is 0 Å². The van der Waals surface area contributed by atoms with Crippen LogP contribution in [0.2, 0.25) is 5.28 Å². The molecule has 0 spiro atoms. The molecule has 0 aliphatic heterocycles. The fourth-order valence-corrected chi connectivity index (χ4v) is 2.69. The third-order valence-corrected chi connectivity index (χ3v) is 4.02. The summed E-state index contributed by atoms with van der Waals surface area (Å²) in [5.41, 5.74) is 0.545. The number of fused-ring (bicyclic) bond motifs is 1. The van der Waals surface area contributed by atoms with Crippen LogP contribution in [0.15, 0.2) is 53.1 Å². The van der Waals surface area contributed by atoms with Crippen LogP contribution < -0.4 is 10.3 Å². The van der Waals surface area contributed by atoms with Gasteiger partial charge in [-0.2, -0.15) is 4.98 Å². The van der Waals surface area contributed by atoms with Crippen molar-refractivity contribution in [1.82, 2.24) is 19.5 Å². The molecular weight excluding hydrogens is 348 g/mol. The predicted molar refractivity (Wildman–Crippen MR) is 95.4 cm³/mol. The SMILES string of the molecule is C=CCOc1ccc(-n2c(Cl)nc3nc(SC)ncc3c2=O)cc1. The molecule has 0 amide bonds. The summed E-state index contributed by atoms with van der Waals surface area (Å²) in [6.07, 6.45) is 4.98. The van der Waals surface area contributed by atoms with E-state index in [0.29, 0.717) is 28.6 Å². The van der Waals surface area contributed by atoms with E-state index in [1.54, 1.807) is 30.3 Å². The molecule has 0 atom stereocenters. The van der Waals surface area contributed by atoms with E-state index in [0.717, 1.165) is 0 Å². The number of aromatic nitrogens is 4. The van der Waals surface area contributed by atoms with Crippen molar-refractivity contribution in [3.05, 3.63) is 58.8 Å². The smallest absolute Gasteiger partial charge is 0.270 e. The monoisotopic (exact) mass is 360 g/mol. The Morgan fingerprint density at radius 2 is 2.08 bits per heavy atom. The second-order valence-electron chi connectivity index (χ2n) is 4.71. The minimum absolute atomic E-state index is 0.0398. The molecule has 3 aromatic rings. The lowest BCUT2D eigenvalue weighted by Crippen LogP contribution is -2.21. The van der Waals surface area contributed by atoms with Gasteiger partial charge < -0.3 is 4.74 Å². The van der Waals surface area contributed by atoms with E-state index in [1.807, 2.05) is 6.26 Å². The molecule has 0 saturated carbocycles. The van der Waals surface area contributed by atoms with E-state index >= 15 is 0 Å². The molecule has 0 saturated heterocycles. The van der Waals surface area contributed by atoms with Crippen molar-refractivity contribution in [3.8, 4) is 11.4 Å². The van der Waals surface area contributed by atoms with E-state index in [-0.39, 0.29) is 16.5 Å². The highest BCUT2D eigenvalue weighted by atomic mass is 35.5. The largest absolute Gasteiger partial charge is 0.490 e. The molecule has 0 unspecified atom stereocenters. The number of hydrogen-bond acceptors (Lipinski definition) is 6. The topological polar surface area (TPSA) is 69.9 Å². The van der Waals surface area contributed by atoms with Crippen molar-refractivity contribution < 1.29 is 4.74 Å². The van der Waals surface area contributed by atoms with Crippen molar-refractivity contribution in [2.24, 2.45) is 0 Å². The summed E-state index contributed by atoms with van der Waals surface area (Å²) in [5.74, 6) is 0.671. The summed E-state index contributed by atoms with van der Waals surface area (Å²) in [7, 11) is 0. The number of nitrogens with zero attached hydrogens (tertiary/aromatic N) is 4. The van der Waals surface area contributed by atoms with Gasteiger partial charge in [0.1, 0.15) is 17.7 Å². The van der Waals surface area contributed by atoms with Gasteiger partial charge in [0.05, 0.1) is 5.69 Å². The van der Waals surface area contributed by atoms with Gasteiger partial charge in [-0.15, -0.1) is 0 Å². The second kappa shape index (κ2) is 7.02. The van der Waals surface area contributed by atoms with Crippen LogP contribution in [0, 0.1) is 0 Å². The predicted octanol–water partition coefficient (Wildman–Crippen LogP) is 3.12. The van der Waals surface area contributed by atoms with Gasteiger partial charge >= 0.3 is 0 Å². The summed E-state index contributed by atoms with van der Waals surface area (Å²) in [5, 5.41) is 0.883. The second-order valence-corrected chi connectivity index (χ2v) is 5.82. The van der Waals surface area contributed by atoms with Crippen molar-refractivity contribution >= 4 is 34.4 Å². The molecule has 24 heavy (non-hydrogen) atoms. The zero-order valence-electron chi connectivity index (χ0n) is 12.8. The van der Waals surface area contributed by atoms with Gasteiger partial charge in [-0.3, -0.25) is 9.36 Å². The highest BCUT2D eigenvalue weighted by Gasteiger charge is 2.13. The molecule has 8 heteroatoms. The Kier molecular flexibility index (Phi) is 4.82. The zero-order valence-corrected chi connectivity index (χ0v) is 14.3. The first-order valence-corrected chi connectivity index (χ1v) is 8.57. The molecule has 0 bridgehead atoms. The molecule has 0 aliphatic carbocycles. The van der Waals surface area contributed by atoms with Gasteiger partial charge in [0.15, 0.2) is 10.8 Å². The molecule has 1 aromatic carbocycles. The molecule has 2 heterocycles. The third kappa shape index (κ3) is 3.13. The Hall–Kier alpha value is -2.38. The molecule has 122 valence electrons. The highest BCUT2D eigenvalue weighted by molar-refractivity contribution is 7.98. The van der Waals surface area contributed by atoms with Crippen LogP contribution in [-0.2, 0) is 0 Å². The number of hydrogen-bond donors (Lipinski definition) is 0. The first-order chi connectivity index (χ1) is 11.6. The van der Waals surface area contributed by atoms with Gasteiger partial charge in [0.25, 0.3) is 5.56 Å². The fraction of sp³-hybridized carbons (Fsp3) is 0.125. The average Bonchev–Trinajstić information content (AvgIpc) is 2.60. The van der Waals surface area contributed by atoms with Gasteiger partial charge in [0.2, 0.25) is 5.28 Å². The zero-order chi connectivity index (χ0) is 17.1. The van der Waals surface area contributed by atoms with Gasteiger partial charge in [-0.1, -0.05) is 24.4 Å². The minimum Gasteiger partial charge on any atom is -0.490 e. The Morgan fingerprint density at radius 3 is 2.75 bits per heavy atom. The Morgan fingerprint density at radius 1 is 1.33 bits per heavy atom. The van der Waals surface area contributed by atoms with E-state index in [4.69, 9.17) is 16.3 Å². The number of rotatable bonds is 5. The number of halogens is 1. The molecule has 0 radical (unpaired) electrons. The molecule has 0 fully saturated rings. The van der Waals surface area contributed by atoms with Crippen molar-refractivity contribution in [3.63, 3.8) is 0 Å². The van der Waals surface area contributed by atoms with Gasteiger partial charge in [0, 0.05) is 6.20 Å². The lowest BCUT2D eigenvalue weighted by Gasteiger charge is -2.10. The van der Waals surface area contributed by atoms with Crippen molar-refractivity contribution in [2.45, 2.75) is 5.16 Å². The average molecular weight is 361 g/mol. The maximum atomic E-state index is 12.7. The summed E-state index contributed by atoms with van der Waals surface area (Å²) in [4.78, 5) is 25.3. The fourth-order valence-electron chi connectivity index (χ4n) is 2.10. The lowest BCUT2D eigenvalue weighted by molar-refractivity contribution is 0.363. The summed E-state index contributed by atoms with van der Waals surface area (Å²) in [6, 6.07) is 6.96. The standard InChI is InChI=1S/C16H13ClN4O2S/c1-3-8-23-11-6-4-10(5-7-11)21-14(22)12-9-18-16(24-2)20-13(12)19-15(21)17/h3-7,9H,1,8H2,2H3. The third-order valence-electron chi connectivity index (χ3n) is 3.21. The molecule has 2 aromatic heterocycles. The van der Waals surface area contributed by atoms with Gasteiger partial charge in [-0.25, -0.2) is 9.97 Å². The first kappa shape index (κ1) is 16.5. The molecule has 6 nitrogen and oxygen atoms in total. The van der Waals surface area contributed by atoms with Crippen LogP contribution in [0.5, 0.6) is 5.75 Å². The normalized spacial score (nSPS) is 10.8. The number of ether oxygens (including phenoxy) is 1. The summed E-state index contributed by atoms with van der Waals surface area (Å²) >= 11 is 7.57. The van der Waals surface area contributed by atoms with Crippen molar-refractivity contribution in [1.29, 1.82) is 0 Å². The molecule has 3 rings (SSSR count). The Bertz CT molecular complexity index is 957. The summed E-state index contributed by atoms with van der Waals surface area (Å²) in [6.45, 7) is 4.01. The van der Waals surface area contributed by atoms with Crippen LogP contribution in [0.1, 0.15) is 0 Å². The van der Waals surface area contributed by atoms with Crippen LogP contribution in [-0.4, -0.2) is 32.4 Å². The summed E-state index contributed by atoms with van der Waals surface area (Å²) < 4.78 is 6.73. The molecule has 0 aliphatic rings. The van der Waals surface area contributed by atoms with Crippen LogP contribution in [0.4, 0.5) is 0 Å². The maximum absolute atomic E-state index is 12.7. The van der Waals surface area contributed by atoms with E-state index in [9.17, 15) is 4.79 Å². The molecular formula is C16H13ClN4O2S. The highest BCUT2D eigenvalue weighted by Crippen LogP contribution is 2.19. The van der Waals surface area contributed by atoms with Crippen molar-refractivity contribution in [2.75, 3.05) is 12.9 Å². The Balaban J connectivity index is 2.09. The van der Waals surface area contributed by atoms with Crippen LogP contribution >= 0.6 is 23.4 Å². The molecule has 0 N–H and O–H groups in total.